The lowest BCUT2D eigenvalue weighted by Crippen LogP contribution is -2.26. The van der Waals surface area contributed by atoms with Crippen LogP contribution < -0.4 is 4.90 Å². The highest BCUT2D eigenvalue weighted by molar-refractivity contribution is 8.00. The van der Waals surface area contributed by atoms with Gasteiger partial charge in [-0.25, -0.2) is 0 Å². The molecule has 0 radical (unpaired) electrons. The SMILES string of the molecule is CC1=C/Cc2c(cc3ccc4cccc5ccc2c3c45)N(C2=CCC(C3=CC=CC4c5ccccc5SC34)C=C2)C/C=C\1. The van der Waals surface area contributed by atoms with Gasteiger partial charge in [-0.3, -0.25) is 0 Å². The largest absolute Gasteiger partial charge is 0.338 e. The van der Waals surface area contributed by atoms with Crippen LogP contribution in [-0.2, 0) is 6.42 Å². The van der Waals surface area contributed by atoms with Gasteiger partial charge in [-0.1, -0.05) is 115 Å². The first kappa shape index (κ1) is 25.2. The van der Waals surface area contributed by atoms with E-state index in [0.717, 1.165) is 19.4 Å². The fourth-order valence-electron chi connectivity index (χ4n) is 7.82. The van der Waals surface area contributed by atoms with E-state index in [-0.39, 0.29) is 0 Å². The molecule has 3 atom stereocenters. The van der Waals surface area contributed by atoms with Gasteiger partial charge in [0.1, 0.15) is 0 Å². The smallest absolute Gasteiger partial charge is 0.0461 e. The van der Waals surface area contributed by atoms with E-state index >= 15 is 0 Å². The molecule has 0 fully saturated rings. The Morgan fingerprint density at radius 1 is 0.814 bits per heavy atom. The van der Waals surface area contributed by atoms with Crippen LogP contribution in [0.2, 0.25) is 0 Å². The first-order valence-electron chi connectivity index (χ1n) is 15.6. The molecule has 208 valence electrons. The van der Waals surface area contributed by atoms with Gasteiger partial charge < -0.3 is 4.90 Å². The van der Waals surface area contributed by atoms with Gasteiger partial charge in [0, 0.05) is 39.9 Å². The zero-order chi connectivity index (χ0) is 28.5. The molecule has 0 saturated carbocycles. The minimum atomic E-state index is 0.435. The molecule has 2 aliphatic heterocycles. The Morgan fingerprint density at radius 2 is 1.67 bits per heavy atom. The summed E-state index contributed by atoms with van der Waals surface area (Å²) in [4.78, 5) is 4.00. The van der Waals surface area contributed by atoms with Crippen LogP contribution in [0, 0.1) is 5.92 Å². The third kappa shape index (κ3) is 4.00. The maximum atomic E-state index is 2.55. The van der Waals surface area contributed by atoms with E-state index in [0.29, 0.717) is 17.1 Å². The number of nitrogens with zero attached hydrogens (tertiary/aromatic N) is 1. The van der Waals surface area contributed by atoms with E-state index in [9.17, 15) is 0 Å². The molecule has 9 rings (SSSR count). The average Bonchev–Trinajstić information content (AvgIpc) is 3.46. The quantitative estimate of drug-likeness (QED) is 0.194. The summed E-state index contributed by atoms with van der Waals surface area (Å²) in [6, 6.07) is 27.4. The summed E-state index contributed by atoms with van der Waals surface area (Å²) in [7, 11) is 0. The summed E-state index contributed by atoms with van der Waals surface area (Å²) in [5.74, 6) is 0.922. The number of rotatable bonds is 2. The molecule has 0 N–H and O–H groups in total. The van der Waals surface area contributed by atoms with Crippen LogP contribution in [0.1, 0.15) is 30.4 Å². The summed E-state index contributed by atoms with van der Waals surface area (Å²) in [6.45, 7) is 3.08. The van der Waals surface area contributed by atoms with Crippen molar-refractivity contribution in [3.8, 4) is 0 Å². The van der Waals surface area contributed by atoms with Gasteiger partial charge in [-0.15, -0.1) is 11.8 Å². The summed E-state index contributed by atoms with van der Waals surface area (Å²) >= 11 is 2.05. The second-order valence-electron chi connectivity index (χ2n) is 12.4. The summed E-state index contributed by atoms with van der Waals surface area (Å²) in [5.41, 5.74) is 8.44. The monoisotopic (exact) mass is 571 g/mol. The molecule has 0 amide bonds. The third-order valence-corrected chi connectivity index (χ3v) is 11.4. The molecule has 5 aromatic rings. The number of fused-ring (bicyclic) bond motifs is 5. The fourth-order valence-corrected chi connectivity index (χ4v) is 9.36. The van der Waals surface area contributed by atoms with E-state index in [2.05, 4.69) is 151 Å². The molecule has 2 heterocycles. The van der Waals surface area contributed by atoms with Crippen molar-refractivity contribution in [1.82, 2.24) is 0 Å². The second-order valence-corrected chi connectivity index (χ2v) is 13.6. The van der Waals surface area contributed by atoms with Gasteiger partial charge in [0.05, 0.1) is 0 Å². The molecule has 0 aromatic heterocycles. The van der Waals surface area contributed by atoms with Gasteiger partial charge in [0.15, 0.2) is 0 Å². The minimum Gasteiger partial charge on any atom is -0.338 e. The van der Waals surface area contributed by atoms with Crippen molar-refractivity contribution in [2.45, 2.75) is 35.8 Å². The van der Waals surface area contributed by atoms with Crippen LogP contribution in [0.4, 0.5) is 5.69 Å². The van der Waals surface area contributed by atoms with Crippen LogP contribution in [0.15, 0.2) is 149 Å². The van der Waals surface area contributed by atoms with E-state index in [4.69, 9.17) is 0 Å². The first-order chi connectivity index (χ1) is 21.2. The normalized spacial score (nSPS) is 24.9. The highest BCUT2D eigenvalue weighted by Crippen LogP contribution is 2.52. The highest BCUT2D eigenvalue weighted by atomic mass is 32.2. The predicted octanol–water partition coefficient (Wildman–Crippen LogP) is 10.7. The summed E-state index contributed by atoms with van der Waals surface area (Å²) < 4.78 is 0. The van der Waals surface area contributed by atoms with Gasteiger partial charge >= 0.3 is 0 Å². The standard InChI is InChI=1S/C41H33NS/c1-26-7-6-24-42(31-20-17-27(18-21-31)32-11-5-12-36-34-10-2-3-13-38(34)43-41(32)36)37-25-30-16-15-28-8-4-9-29-19-23-35(33(37)22-14-26)40(30)39(28)29/h2-17,19-21,23,25,27,36,41H,18,22,24H2,1H3/b7-6-,26-14-. The molecule has 0 spiro atoms. The predicted molar refractivity (Wildman–Crippen MR) is 185 cm³/mol. The maximum absolute atomic E-state index is 2.55. The molecule has 1 nitrogen and oxygen atoms in total. The Morgan fingerprint density at radius 3 is 2.56 bits per heavy atom. The van der Waals surface area contributed by atoms with E-state index in [1.54, 1.807) is 5.57 Å². The fraction of sp³-hybridized carbons (Fsp3) is 0.171. The zero-order valence-corrected chi connectivity index (χ0v) is 25.1. The third-order valence-electron chi connectivity index (χ3n) is 9.94. The van der Waals surface area contributed by atoms with Crippen molar-refractivity contribution in [2.24, 2.45) is 5.92 Å². The molecule has 43 heavy (non-hydrogen) atoms. The molecular weight excluding hydrogens is 539 g/mol. The first-order valence-corrected chi connectivity index (χ1v) is 16.4. The lowest BCUT2D eigenvalue weighted by Gasteiger charge is -2.33. The highest BCUT2D eigenvalue weighted by Gasteiger charge is 2.37. The molecule has 2 aliphatic carbocycles. The lowest BCUT2D eigenvalue weighted by atomic mass is 9.80. The Balaban J connectivity index is 1.11. The number of hydrogen-bond acceptors (Lipinski definition) is 2. The van der Waals surface area contributed by atoms with Crippen molar-refractivity contribution in [2.75, 3.05) is 11.4 Å². The van der Waals surface area contributed by atoms with Crippen molar-refractivity contribution in [3.63, 3.8) is 0 Å². The van der Waals surface area contributed by atoms with Crippen LogP contribution in [0.3, 0.4) is 0 Å². The molecule has 5 aromatic carbocycles. The van der Waals surface area contributed by atoms with Gasteiger partial charge in [0.25, 0.3) is 0 Å². The average molecular weight is 572 g/mol. The van der Waals surface area contributed by atoms with Gasteiger partial charge in [-0.2, -0.15) is 0 Å². The molecule has 3 unspecified atom stereocenters. The van der Waals surface area contributed by atoms with Crippen molar-refractivity contribution < 1.29 is 0 Å². The van der Waals surface area contributed by atoms with E-state index in [1.807, 2.05) is 0 Å². The Labute approximate surface area is 257 Å². The Hall–Kier alpha value is -4.27. The second kappa shape index (κ2) is 9.89. The van der Waals surface area contributed by atoms with Crippen LogP contribution in [-0.4, -0.2) is 11.8 Å². The van der Waals surface area contributed by atoms with Crippen molar-refractivity contribution in [3.05, 3.63) is 155 Å². The maximum Gasteiger partial charge on any atom is 0.0461 e. The van der Waals surface area contributed by atoms with Crippen LogP contribution >= 0.6 is 11.8 Å². The summed E-state index contributed by atoms with van der Waals surface area (Å²) in [6.07, 6.45) is 23.4. The Kier molecular flexibility index (Phi) is 5.81. The summed E-state index contributed by atoms with van der Waals surface area (Å²) in [5, 5.41) is 8.66. The topological polar surface area (TPSA) is 3.24 Å². The van der Waals surface area contributed by atoms with Crippen LogP contribution in [0.5, 0.6) is 0 Å². The number of allylic oxidation sites excluding steroid dienone is 9. The van der Waals surface area contributed by atoms with Crippen LogP contribution in [0.25, 0.3) is 32.3 Å². The molecular formula is C41H33NS. The molecule has 0 saturated heterocycles. The van der Waals surface area contributed by atoms with Crippen molar-refractivity contribution >= 4 is 49.8 Å². The lowest BCUT2D eigenvalue weighted by molar-refractivity contribution is 0.686. The van der Waals surface area contributed by atoms with Gasteiger partial charge in [0.2, 0.25) is 0 Å². The van der Waals surface area contributed by atoms with Gasteiger partial charge in [-0.05, 0) is 87.0 Å². The molecule has 2 heteroatoms. The number of hydrogen-bond donors (Lipinski definition) is 0. The van der Waals surface area contributed by atoms with E-state index < -0.39 is 0 Å². The van der Waals surface area contributed by atoms with E-state index in [1.165, 1.54) is 65.3 Å². The number of thioether (sulfide) groups is 1. The zero-order valence-electron chi connectivity index (χ0n) is 24.3. The minimum absolute atomic E-state index is 0.435. The number of benzene rings is 5. The molecule has 4 aliphatic rings. The number of anilines is 1. The Bertz CT molecular complexity index is 2100. The van der Waals surface area contributed by atoms with Crippen molar-refractivity contribution in [1.29, 1.82) is 0 Å². The molecule has 0 bridgehead atoms.